The van der Waals surface area contributed by atoms with Crippen LogP contribution in [0.3, 0.4) is 0 Å². The van der Waals surface area contributed by atoms with E-state index < -0.39 is 0 Å². The first-order valence-electron chi connectivity index (χ1n) is 15.0. The summed E-state index contributed by atoms with van der Waals surface area (Å²) in [5.74, 6) is 0. The summed E-state index contributed by atoms with van der Waals surface area (Å²) in [4.78, 5) is 0. The molecule has 8 aromatic carbocycles. The first-order chi connectivity index (χ1) is 21.8. The molecule has 0 spiro atoms. The van der Waals surface area contributed by atoms with E-state index in [1.165, 1.54) is 59.8 Å². The van der Waals surface area contributed by atoms with Crippen LogP contribution in [0.15, 0.2) is 155 Å². The Morgan fingerprint density at radius 3 is 1.70 bits per heavy atom. The summed E-state index contributed by atoms with van der Waals surface area (Å²) in [5.41, 5.74) is 7.35. The van der Waals surface area contributed by atoms with Gasteiger partial charge in [-0.15, -0.1) is 0 Å². The fourth-order valence-corrected chi connectivity index (χ4v) is 7.49. The van der Waals surface area contributed by atoms with Crippen molar-refractivity contribution >= 4 is 76.0 Å². The minimum Gasteiger partial charge on any atom is -0.460 e. The molecule has 2 aromatic heterocycles. The standard InChI is InChI=1S/C42H24O2/c1-2-11-27-26(10-1)24-36(29-13-4-3-12-28(27)29)39-32-16-7-5-14-30(32)38(31-15-6-8-17-33(31)39)34-18-9-19-37-40(34)35-21-20-25-22-23-43-41(25)42(35)44-37/h1-24H. The van der Waals surface area contributed by atoms with Crippen molar-refractivity contribution in [2.24, 2.45) is 0 Å². The van der Waals surface area contributed by atoms with Crippen LogP contribution in [0.2, 0.25) is 0 Å². The number of benzene rings is 8. The van der Waals surface area contributed by atoms with Crippen LogP contribution in [0, 0.1) is 0 Å². The molecule has 2 heterocycles. The Labute approximate surface area is 252 Å². The molecule has 0 N–H and O–H groups in total. The molecule has 44 heavy (non-hydrogen) atoms. The zero-order valence-corrected chi connectivity index (χ0v) is 23.7. The predicted octanol–water partition coefficient (Wildman–Crippen LogP) is 12.3. The lowest BCUT2D eigenvalue weighted by molar-refractivity contribution is 0.600. The van der Waals surface area contributed by atoms with Crippen molar-refractivity contribution in [1.29, 1.82) is 0 Å². The third-order valence-corrected chi connectivity index (χ3v) is 9.32. The lowest BCUT2D eigenvalue weighted by Gasteiger charge is -2.20. The molecule has 10 rings (SSSR count). The van der Waals surface area contributed by atoms with Crippen molar-refractivity contribution < 1.29 is 8.83 Å². The number of hydrogen-bond donors (Lipinski definition) is 0. The van der Waals surface area contributed by atoms with Gasteiger partial charge in [0.05, 0.1) is 6.26 Å². The minimum atomic E-state index is 0.790. The van der Waals surface area contributed by atoms with Crippen LogP contribution < -0.4 is 0 Å². The molecule has 0 radical (unpaired) electrons. The lowest BCUT2D eigenvalue weighted by Crippen LogP contribution is -1.92. The Morgan fingerprint density at radius 1 is 0.364 bits per heavy atom. The van der Waals surface area contributed by atoms with Gasteiger partial charge in [0, 0.05) is 16.2 Å². The predicted molar refractivity (Wildman–Crippen MR) is 184 cm³/mol. The summed E-state index contributed by atoms with van der Waals surface area (Å²) < 4.78 is 12.4. The third-order valence-electron chi connectivity index (χ3n) is 9.32. The van der Waals surface area contributed by atoms with Crippen LogP contribution in [0.1, 0.15) is 0 Å². The van der Waals surface area contributed by atoms with E-state index in [0.717, 1.165) is 38.5 Å². The van der Waals surface area contributed by atoms with Gasteiger partial charge in [-0.2, -0.15) is 0 Å². The van der Waals surface area contributed by atoms with Crippen LogP contribution in [0.4, 0.5) is 0 Å². The smallest absolute Gasteiger partial charge is 0.178 e. The molecule has 0 fully saturated rings. The highest BCUT2D eigenvalue weighted by molar-refractivity contribution is 6.28. The van der Waals surface area contributed by atoms with Gasteiger partial charge in [0.15, 0.2) is 11.2 Å². The molecule has 2 heteroatoms. The van der Waals surface area contributed by atoms with Gasteiger partial charge >= 0.3 is 0 Å². The lowest BCUT2D eigenvalue weighted by atomic mass is 9.83. The second-order valence-corrected chi connectivity index (χ2v) is 11.6. The molecule has 0 atom stereocenters. The van der Waals surface area contributed by atoms with Crippen molar-refractivity contribution in [2.75, 3.05) is 0 Å². The Hall–Kier alpha value is -5.86. The maximum atomic E-state index is 6.50. The molecule has 0 saturated carbocycles. The maximum absolute atomic E-state index is 6.50. The van der Waals surface area contributed by atoms with Crippen LogP contribution >= 0.6 is 0 Å². The third kappa shape index (κ3) is 3.14. The van der Waals surface area contributed by atoms with Crippen molar-refractivity contribution in [3.8, 4) is 22.3 Å². The van der Waals surface area contributed by atoms with E-state index in [2.05, 4.69) is 133 Å². The Bertz CT molecular complexity index is 2720. The van der Waals surface area contributed by atoms with E-state index in [1.54, 1.807) is 6.26 Å². The Kier molecular flexibility index (Phi) is 4.75. The quantitative estimate of drug-likeness (QED) is 0.155. The summed E-state index contributed by atoms with van der Waals surface area (Å²) >= 11 is 0. The van der Waals surface area contributed by atoms with E-state index >= 15 is 0 Å². The fraction of sp³-hybridized carbons (Fsp3) is 0. The molecule has 0 aliphatic rings. The highest BCUT2D eigenvalue weighted by Gasteiger charge is 2.22. The highest BCUT2D eigenvalue weighted by atomic mass is 16.4. The van der Waals surface area contributed by atoms with Gasteiger partial charge in [0.2, 0.25) is 0 Å². The van der Waals surface area contributed by atoms with Gasteiger partial charge in [-0.3, -0.25) is 0 Å². The topological polar surface area (TPSA) is 26.3 Å². The molecule has 0 aliphatic heterocycles. The monoisotopic (exact) mass is 560 g/mol. The number of furan rings is 2. The Morgan fingerprint density at radius 2 is 0.977 bits per heavy atom. The van der Waals surface area contributed by atoms with Crippen molar-refractivity contribution in [2.45, 2.75) is 0 Å². The fourth-order valence-electron chi connectivity index (χ4n) is 7.49. The maximum Gasteiger partial charge on any atom is 0.178 e. The summed E-state index contributed by atoms with van der Waals surface area (Å²) in [5, 5.41) is 13.2. The van der Waals surface area contributed by atoms with Gasteiger partial charge in [-0.25, -0.2) is 0 Å². The largest absolute Gasteiger partial charge is 0.460 e. The average molecular weight is 561 g/mol. The van der Waals surface area contributed by atoms with E-state index in [-0.39, 0.29) is 0 Å². The second-order valence-electron chi connectivity index (χ2n) is 11.6. The number of hydrogen-bond acceptors (Lipinski definition) is 2. The molecular formula is C42H24O2. The van der Waals surface area contributed by atoms with E-state index in [4.69, 9.17) is 8.83 Å². The molecule has 0 bridgehead atoms. The Balaban J connectivity index is 1.39. The second kappa shape index (κ2) is 8.82. The SMILES string of the molecule is c1ccc2c(c1)cc(-c1c3ccccc3c(-c3cccc4oc5c(ccc6ccoc65)c34)c3ccccc13)c1ccccc12. The van der Waals surface area contributed by atoms with Crippen LogP contribution in [-0.4, -0.2) is 0 Å². The molecule has 0 saturated heterocycles. The van der Waals surface area contributed by atoms with Gasteiger partial charge in [0.1, 0.15) is 5.58 Å². The molecule has 2 nitrogen and oxygen atoms in total. The molecule has 0 amide bonds. The molecule has 0 unspecified atom stereocenters. The summed E-state index contributed by atoms with van der Waals surface area (Å²) in [6.45, 7) is 0. The van der Waals surface area contributed by atoms with Crippen LogP contribution in [0.25, 0.3) is 98.3 Å². The molecule has 204 valence electrons. The van der Waals surface area contributed by atoms with E-state index in [9.17, 15) is 0 Å². The molecule has 0 aliphatic carbocycles. The molecule has 10 aromatic rings. The normalized spacial score (nSPS) is 12.1. The van der Waals surface area contributed by atoms with Crippen molar-refractivity contribution in [3.63, 3.8) is 0 Å². The van der Waals surface area contributed by atoms with Gasteiger partial charge < -0.3 is 8.83 Å². The first kappa shape index (κ1) is 23.7. The van der Waals surface area contributed by atoms with Gasteiger partial charge in [-0.05, 0) is 89.6 Å². The minimum absolute atomic E-state index is 0.790. The first-order valence-corrected chi connectivity index (χ1v) is 15.0. The highest BCUT2D eigenvalue weighted by Crippen LogP contribution is 2.49. The zero-order valence-electron chi connectivity index (χ0n) is 23.7. The van der Waals surface area contributed by atoms with Gasteiger partial charge in [-0.1, -0.05) is 115 Å². The summed E-state index contributed by atoms with van der Waals surface area (Å²) in [7, 11) is 0. The van der Waals surface area contributed by atoms with E-state index in [1.807, 2.05) is 6.07 Å². The van der Waals surface area contributed by atoms with E-state index in [0.29, 0.717) is 0 Å². The zero-order chi connectivity index (χ0) is 28.8. The average Bonchev–Trinajstić information content (AvgIpc) is 3.72. The van der Waals surface area contributed by atoms with Crippen LogP contribution in [0.5, 0.6) is 0 Å². The summed E-state index contributed by atoms with van der Waals surface area (Å²) in [6.07, 6.45) is 1.73. The van der Waals surface area contributed by atoms with Crippen LogP contribution in [-0.2, 0) is 0 Å². The molecular weight excluding hydrogens is 536 g/mol. The summed E-state index contributed by atoms with van der Waals surface area (Å²) in [6, 6.07) is 50.3. The van der Waals surface area contributed by atoms with Crippen molar-refractivity contribution in [1.82, 2.24) is 0 Å². The number of fused-ring (bicyclic) bond motifs is 10. The van der Waals surface area contributed by atoms with Gasteiger partial charge in [0.25, 0.3) is 0 Å². The van der Waals surface area contributed by atoms with Crippen molar-refractivity contribution in [3.05, 3.63) is 146 Å². The number of rotatable bonds is 2.